The van der Waals surface area contributed by atoms with Crippen LogP contribution < -0.4 is 5.84 Å². The number of piperidine rings is 1. The van der Waals surface area contributed by atoms with Gasteiger partial charge in [-0.25, -0.2) is 5.01 Å². The molecule has 0 aliphatic carbocycles. The minimum absolute atomic E-state index is 0.647. The summed E-state index contributed by atoms with van der Waals surface area (Å²) < 4.78 is 0. The highest BCUT2D eigenvalue weighted by molar-refractivity contribution is 4.90. The molecule has 0 saturated carbocycles. The third-order valence-electron chi connectivity index (χ3n) is 2.98. The maximum Gasteiger partial charge on any atom is 0.0372 e. The summed E-state index contributed by atoms with van der Waals surface area (Å²) in [6, 6.07) is 0.647. The molecule has 2 heterocycles. The average molecular weight is 155 g/mol. The molecule has 3 heteroatoms. The second kappa shape index (κ2) is 2.73. The van der Waals surface area contributed by atoms with Crippen LogP contribution in [0.4, 0.5) is 0 Å². The van der Waals surface area contributed by atoms with Crippen LogP contribution in [0.15, 0.2) is 0 Å². The van der Waals surface area contributed by atoms with E-state index in [4.69, 9.17) is 5.84 Å². The van der Waals surface area contributed by atoms with E-state index in [0.717, 1.165) is 12.5 Å². The van der Waals surface area contributed by atoms with Crippen LogP contribution >= 0.6 is 0 Å². The van der Waals surface area contributed by atoms with Gasteiger partial charge in [-0.05, 0) is 18.9 Å². The lowest BCUT2D eigenvalue weighted by molar-refractivity contribution is 0.169. The van der Waals surface area contributed by atoms with Crippen molar-refractivity contribution in [3.63, 3.8) is 0 Å². The Hall–Kier alpha value is -0.120. The van der Waals surface area contributed by atoms with Crippen molar-refractivity contribution in [2.24, 2.45) is 11.8 Å². The van der Waals surface area contributed by atoms with Gasteiger partial charge < -0.3 is 4.90 Å². The van der Waals surface area contributed by atoms with Crippen LogP contribution in [-0.4, -0.2) is 42.1 Å². The molecule has 2 aliphatic heterocycles. The van der Waals surface area contributed by atoms with Crippen molar-refractivity contribution in [1.29, 1.82) is 0 Å². The predicted molar refractivity (Wildman–Crippen MR) is 44.9 cm³/mol. The van der Waals surface area contributed by atoms with Gasteiger partial charge in [-0.3, -0.25) is 5.84 Å². The Morgan fingerprint density at radius 3 is 2.82 bits per heavy atom. The fourth-order valence-electron chi connectivity index (χ4n) is 2.35. The second-order valence-corrected chi connectivity index (χ2v) is 3.80. The predicted octanol–water partition coefficient (Wildman–Crippen LogP) is -0.114. The van der Waals surface area contributed by atoms with Crippen molar-refractivity contribution in [3.8, 4) is 0 Å². The van der Waals surface area contributed by atoms with Gasteiger partial charge in [0.1, 0.15) is 0 Å². The first-order valence-electron chi connectivity index (χ1n) is 4.53. The van der Waals surface area contributed by atoms with Gasteiger partial charge in [-0.15, -0.1) is 0 Å². The molecular weight excluding hydrogens is 138 g/mol. The number of hydrogen-bond donors (Lipinski definition) is 1. The highest BCUT2D eigenvalue weighted by Crippen LogP contribution is 2.26. The number of likely N-dealkylation sites (N-methyl/N-ethyl adjacent to an activating group) is 1. The molecule has 0 amide bonds. The van der Waals surface area contributed by atoms with Gasteiger partial charge in [0.15, 0.2) is 0 Å². The van der Waals surface area contributed by atoms with Gasteiger partial charge in [-0.2, -0.15) is 0 Å². The summed E-state index contributed by atoms with van der Waals surface area (Å²) in [5.41, 5.74) is 0. The maximum atomic E-state index is 5.84. The largest absolute Gasteiger partial charge is 0.302 e. The SMILES string of the molecule is CCN1CC2CC(C1)N(N)C2. The summed E-state index contributed by atoms with van der Waals surface area (Å²) in [6.45, 7) is 6.97. The molecule has 2 bridgehead atoms. The molecule has 0 aromatic carbocycles. The van der Waals surface area contributed by atoms with Crippen molar-refractivity contribution in [2.45, 2.75) is 19.4 Å². The van der Waals surface area contributed by atoms with Gasteiger partial charge in [0.25, 0.3) is 0 Å². The molecule has 2 rings (SSSR count). The Kier molecular flexibility index (Phi) is 1.87. The van der Waals surface area contributed by atoms with E-state index in [1.807, 2.05) is 5.01 Å². The number of likely N-dealkylation sites (tertiary alicyclic amines) is 1. The summed E-state index contributed by atoms with van der Waals surface area (Å²) in [7, 11) is 0. The standard InChI is InChI=1S/C8H17N3/c1-2-10-4-7-3-8(6-10)11(9)5-7/h7-8H,2-6,9H2,1H3. The van der Waals surface area contributed by atoms with E-state index >= 15 is 0 Å². The van der Waals surface area contributed by atoms with E-state index < -0.39 is 0 Å². The highest BCUT2D eigenvalue weighted by atomic mass is 15.5. The molecule has 2 saturated heterocycles. The zero-order chi connectivity index (χ0) is 7.84. The van der Waals surface area contributed by atoms with Crippen molar-refractivity contribution in [1.82, 2.24) is 9.91 Å². The highest BCUT2D eigenvalue weighted by Gasteiger charge is 2.36. The van der Waals surface area contributed by atoms with E-state index in [2.05, 4.69) is 11.8 Å². The fraction of sp³-hybridized carbons (Fsp3) is 1.00. The molecule has 2 N–H and O–H groups in total. The number of fused-ring (bicyclic) bond motifs is 2. The quantitative estimate of drug-likeness (QED) is 0.536. The third kappa shape index (κ3) is 1.28. The van der Waals surface area contributed by atoms with Gasteiger partial charge in [0.2, 0.25) is 0 Å². The van der Waals surface area contributed by atoms with Gasteiger partial charge >= 0.3 is 0 Å². The molecule has 0 aromatic rings. The monoisotopic (exact) mass is 155 g/mol. The van der Waals surface area contributed by atoms with Crippen LogP contribution in [0.2, 0.25) is 0 Å². The average Bonchev–Trinajstić information content (AvgIpc) is 2.26. The van der Waals surface area contributed by atoms with Crippen LogP contribution in [0.25, 0.3) is 0 Å². The topological polar surface area (TPSA) is 32.5 Å². The zero-order valence-electron chi connectivity index (χ0n) is 7.16. The van der Waals surface area contributed by atoms with Crippen LogP contribution in [0.3, 0.4) is 0 Å². The minimum atomic E-state index is 0.647. The first kappa shape index (κ1) is 7.53. The lowest BCUT2D eigenvalue weighted by atomic mass is 10.0. The van der Waals surface area contributed by atoms with E-state index in [0.29, 0.717) is 6.04 Å². The Morgan fingerprint density at radius 1 is 1.36 bits per heavy atom. The Bertz CT molecular complexity index is 146. The minimum Gasteiger partial charge on any atom is -0.302 e. The number of hydrazine groups is 1. The Morgan fingerprint density at radius 2 is 2.18 bits per heavy atom. The van der Waals surface area contributed by atoms with Crippen molar-refractivity contribution >= 4 is 0 Å². The summed E-state index contributed by atoms with van der Waals surface area (Å²) >= 11 is 0. The maximum absolute atomic E-state index is 5.84. The molecule has 11 heavy (non-hydrogen) atoms. The summed E-state index contributed by atoms with van der Waals surface area (Å²) in [4.78, 5) is 2.51. The normalized spacial score (nSPS) is 39.8. The summed E-state index contributed by atoms with van der Waals surface area (Å²) in [5, 5.41) is 2.03. The number of hydrogen-bond acceptors (Lipinski definition) is 3. The van der Waals surface area contributed by atoms with Crippen molar-refractivity contribution < 1.29 is 0 Å². The van der Waals surface area contributed by atoms with E-state index in [1.54, 1.807) is 0 Å². The zero-order valence-corrected chi connectivity index (χ0v) is 7.16. The molecule has 2 unspecified atom stereocenters. The molecule has 0 aromatic heterocycles. The third-order valence-corrected chi connectivity index (χ3v) is 2.98. The lowest BCUT2D eigenvalue weighted by Gasteiger charge is -2.30. The van der Waals surface area contributed by atoms with Crippen molar-refractivity contribution in [3.05, 3.63) is 0 Å². The van der Waals surface area contributed by atoms with Crippen LogP contribution in [0.5, 0.6) is 0 Å². The number of rotatable bonds is 1. The molecule has 64 valence electrons. The van der Waals surface area contributed by atoms with Crippen LogP contribution in [-0.2, 0) is 0 Å². The van der Waals surface area contributed by atoms with Crippen LogP contribution in [0.1, 0.15) is 13.3 Å². The molecule has 0 spiro atoms. The molecule has 2 fully saturated rings. The first-order valence-corrected chi connectivity index (χ1v) is 4.53. The first-order chi connectivity index (χ1) is 5.29. The molecule has 2 aliphatic rings. The number of nitrogens with zero attached hydrogens (tertiary/aromatic N) is 2. The van der Waals surface area contributed by atoms with Crippen LogP contribution in [0, 0.1) is 5.92 Å². The molecule has 0 radical (unpaired) electrons. The second-order valence-electron chi connectivity index (χ2n) is 3.80. The van der Waals surface area contributed by atoms with Gasteiger partial charge in [0, 0.05) is 25.7 Å². The Balaban J connectivity index is 2.00. The fourth-order valence-corrected chi connectivity index (χ4v) is 2.35. The van der Waals surface area contributed by atoms with Gasteiger partial charge in [0.05, 0.1) is 0 Å². The van der Waals surface area contributed by atoms with E-state index in [1.165, 1.54) is 26.1 Å². The van der Waals surface area contributed by atoms with E-state index in [-0.39, 0.29) is 0 Å². The smallest absolute Gasteiger partial charge is 0.0372 e. The Labute approximate surface area is 68.1 Å². The number of nitrogens with two attached hydrogens (primary N) is 1. The molecule has 2 atom stereocenters. The van der Waals surface area contributed by atoms with Crippen molar-refractivity contribution in [2.75, 3.05) is 26.2 Å². The molecule has 3 nitrogen and oxygen atoms in total. The van der Waals surface area contributed by atoms with E-state index in [9.17, 15) is 0 Å². The summed E-state index contributed by atoms with van der Waals surface area (Å²) in [6.07, 6.45) is 1.33. The lowest BCUT2D eigenvalue weighted by Crippen LogP contribution is -2.44. The molecular formula is C8H17N3. The van der Waals surface area contributed by atoms with Gasteiger partial charge in [-0.1, -0.05) is 6.92 Å². The summed E-state index contributed by atoms with van der Waals surface area (Å²) in [5.74, 6) is 6.69.